The third kappa shape index (κ3) is 4.85. The second kappa shape index (κ2) is 9.63. The molecular weight excluding hydrogens is 421 g/mol. The van der Waals surface area contributed by atoms with Crippen LogP contribution in [-0.4, -0.2) is 56.7 Å². The van der Waals surface area contributed by atoms with Crippen LogP contribution in [0.1, 0.15) is 18.4 Å². The molecule has 0 radical (unpaired) electrons. The van der Waals surface area contributed by atoms with Crippen LogP contribution in [-0.2, 0) is 17.9 Å². The first-order valence-corrected chi connectivity index (χ1v) is 11.3. The molecular formula is C21H24FN5OS2. The number of halogens is 1. The van der Waals surface area contributed by atoms with E-state index in [1.54, 1.807) is 17.4 Å². The lowest BCUT2D eigenvalue weighted by Crippen LogP contribution is -2.35. The van der Waals surface area contributed by atoms with Crippen molar-refractivity contribution in [3.05, 3.63) is 57.9 Å². The highest BCUT2D eigenvalue weighted by Crippen LogP contribution is 2.23. The van der Waals surface area contributed by atoms with E-state index in [1.165, 1.54) is 6.07 Å². The second-order valence-electron chi connectivity index (χ2n) is 7.33. The van der Waals surface area contributed by atoms with Gasteiger partial charge in [0.05, 0.1) is 4.88 Å². The molecule has 158 valence electrons. The molecule has 0 atom stereocenters. The lowest BCUT2D eigenvalue weighted by Gasteiger charge is -2.22. The van der Waals surface area contributed by atoms with Crippen LogP contribution in [0.4, 0.5) is 4.39 Å². The standard InChI is InChI=1S/C21H24FN5OS2/c22-17-6-2-1-5-16(17)15-25-9-4-10-26(13-12-25)19(28)8-11-27-20(23-24-21(27)29)18-7-3-14-30-18/h1-3,5-7,14H,4,8-13,15H2,(H,24,29). The number of hydrogen-bond donors (Lipinski definition) is 1. The number of nitrogens with zero attached hydrogens (tertiary/aromatic N) is 4. The van der Waals surface area contributed by atoms with Crippen molar-refractivity contribution in [3.8, 4) is 10.7 Å². The Bertz CT molecular complexity index is 1050. The summed E-state index contributed by atoms with van der Waals surface area (Å²) in [7, 11) is 0. The smallest absolute Gasteiger partial charge is 0.224 e. The number of aromatic nitrogens is 3. The summed E-state index contributed by atoms with van der Waals surface area (Å²) in [4.78, 5) is 18.0. The number of carbonyl (C=O) groups is 1. The minimum Gasteiger partial charge on any atom is -0.341 e. The monoisotopic (exact) mass is 445 g/mol. The van der Waals surface area contributed by atoms with Gasteiger partial charge in [-0.15, -0.1) is 11.3 Å². The van der Waals surface area contributed by atoms with Crippen LogP contribution in [0.2, 0.25) is 0 Å². The summed E-state index contributed by atoms with van der Waals surface area (Å²) in [5.41, 5.74) is 0.702. The highest BCUT2D eigenvalue weighted by atomic mass is 32.1. The molecule has 0 bridgehead atoms. The van der Waals surface area contributed by atoms with Gasteiger partial charge in [-0.25, -0.2) is 4.39 Å². The van der Waals surface area contributed by atoms with Crippen molar-refractivity contribution >= 4 is 29.5 Å². The number of rotatable bonds is 6. The fourth-order valence-corrected chi connectivity index (χ4v) is 4.68. The molecule has 6 nitrogen and oxygen atoms in total. The number of hydrogen-bond acceptors (Lipinski definition) is 5. The fourth-order valence-electron chi connectivity index (χ4n) is 3.73. The number of H-pyrrole nitrogens is 1. The maximum atomic E-state index is 13.9. The highest BCUT2D eigenvalue weighted by molar-refractivity contribution is 7.71. The van der Waals surface area contributed by atoms with Crippen LogP contribution in [0.5, 0.6) is 0 Å². The molecule has 4 rings (SSSR count). The molecule has 3 heterocycles. The van der Waals surface area contributed by atoms with Gasteiger partial charge in [0.25, 0.3) is 0 Å². The first-order valence-electron chi connectivity index (χ1n) is 10.0. The summed E-state index contributed by atoms with van der Waals surface area (Å²) in [6.45, 7) is 4.04. The van der Waals surface area contributed by atoms with Crippen LogP contribution >= 0.6 is 23.6 Å². The van der Waals surface area contributed by atoms with Gasteiger partial charge in [0.15, 0.2) is 10.6 Å². The molecule has 1 N–H and O–H groups in total. The minimum atomic E-state index is -0.173. The molecule has 1 saturated heterocycles. The lowest BCUT2D eigenvalue weighted by molar-refractivity contribution is -0.131. The molecule has 9 heteroatoms. The molecule has 1 aromatic carbocycles. The maximum Gasteiger partial charge on any atom is 0.224 e. The van der Waals surface area contributed by atoms with Crippen molar-refractivity contribution in [2.45, 2.75) is 25.9 Å². The third-order valence-corrected chi connectivity index (χ3v) is 6.52. The Labute approximate surface area is 183 Å². The van der Waals surface area contributed by atoms with E-state index < -0.39 is 0 Å². The lowest BCUT2D eigenvalue weighted by atomic mass is 10.2. The topological polar surface area (TPSA) is 57.2 Å². The SMILES string of the molecule is O=C(CCn1c(-c2cccs2)n[nH]c1=S)N1CCCN(Cc2ccccc2F)CC1. The predicted octanol–water partition coefficient (Wildman–Crippen LogP) is 3.93. The molecule has 1 amide bonds. The van der Waals surface area contributed by atoms with Crippen LogP contribution in [0, 0.1) is 10.6 Å². The number of benzene rings is 1. The van der Waals surface area contributed by atoms with Crippen LogP contribution < -0.4 is 0 Å². The van der Waals surface area contributed by atoms with Gasteiger partial charge >= 0.3 is 0 Å². The quantitative estimate of drug-likeness (QED) is 0.584. The summed E-state index contributed by atoms with van der Waals surface area (Å²) >= 11 is 6.95. The van der Waals surface area contributed by atoms with Gasteiger partial charge in [-0.1, -0.05) is 24.3 Å². The Balaban J connectivity index is 1.33. The average Bonchev–Trinajstić information content (AvgIpc) is 3.33. The maximum absolute atomic E-state index is 13.9. The summed E-state index contributed by atoms with van der Waals surface area (Å²) in [5.74, 6) is 0.714. The summed E-state index contributed by atoms with van der Waals surface area (Å²) in [5, 5.41) is 9.14. The van der Waals surface area contributed by atoms with Crippen LogP contribution in [0.25, 0.3) is 10.7 Å². The summed E-state index contributed by atoms with van der Waals surface area (Å²) in [6, 6.07) is 10.8. The summed E-state index contributed by atoms with van der Waals surface area (Å²) in [6.07, 6.45) is 1.26. The minimum absolute atomic E-state index is 0.114. The number of nitrogens with one attached hydrogen (secondary N) is 1. The van der Waals surface area contributed by atoms with Gasteiger partial charge in [-0.05, 0) is 36.2 Å². The number of thiophene rings is 1. The molecule has 1 aliphatic rings. The Morgan fingerprint density at radius 3 is 2.83 bits per heavy atom. The zero-order chi connectivity index (χ0) is 20.9. The van der Waals surface area contributed by atoms with E-state index in [4.69, 9.17) is 12.2 Å². The molecule has 0 aliphatic carbocycles. The van der Waals surface area contributed by atoms with Gasteiger partial charge in [-0.2, -0.15) is 5.10 Å². The van der Waals surface area contributed by atoms with Crippen LogP contribution in [0.15, 0.2) is 41.8 Å². The molecule has 0 spiro atoms. The van der Waals surface area contributed by atoms with Gasteiger partial charge in [0.2, 0.25) is 5.91 Å². The third-order valence-electron chi connectivity index (χ3n) is 5.34. The number of aromatic amines is 1. The highest BCUT2D eigenvalue weighted by Gasteiger charge is 2.20. The predicted molar refractivity (Wildman–Crippen MR) is 118 cm³/mol. The number of amides is 1. The Kier molecular flexibility index (Phi) is 6.71. The van der Waals surface area contributed by atoms with Gasteiger partial charge < -0.3 is 4.90 Å². The zero-order valence-electron chi connectivity index (χ0n) is 16.6. The van der Waals surface area contributed by atoms with Crippen molar-refractivity contribution in [3.63, 3.8) is 0 Å². The average molecular weight is 446 g/mol. The number of carbonyl (C=O) groups excluding carboxylic acids is 1. The van der Waals surface area contributed by atoms with Gasteiger partial charge in [-0.3, -0.25) is 19.4 Å². The molecule has 30 heavy (non-hydrogen) atoms. The Morgan fingerprint density at radius 2 is 2.03 bits per heavy atom. The first kappa shape index (κ1) is 20.9. The van der Waals surface area contributed by atoms with E-state index in [0.717, 1.165) is 36.8 Å². The van der Waals surface area contributed by atoms with E-state index in [9.17, 15) is 9.18 Å². The van der Waals surface area contributed by atoms with Gasteiger partial charge in [0.1, 0.15) is 5.82 Å². The van der Waals surface area contributed by atoms with E-state index in [2.05, 4.69) is 15.1 Å². The fraction of sp³-hybridized carbons (Fsp3) is 0.381. The Morgan fingerprint density at radius 1 is 1.17 bits per heavy atom. The van der Waals surface area contributed by atoms with Crippen molar-refractivity contribution in [1.82, 2.24) is 24.6 Å². The van der Waals surface area contributed by atoms with E-state index >= 15 is 0 Å². The van der Waals surface area contributed by atoms with E-state index in [1.807, 2.05) is 39.1 Å². The molecule has 0 unspecified atom stereocenters. The van der Waals surface area contributed by atoms with Crippen LogP contribution in [0.3, 0.4) is 0 Å². The van der Waals surface area contributed by atoms with Crippen molar-refractivity contribution < 1.29 is 9.18 Å². The molecule has 0 saturated carbocycles. The summed E-state index contributed by atoms with van der Waals surface area (Å²) < 4.78 is 16.4. The van der Waals surface area contributed by atoms with Crippen molar-refractivity contribution in [1.29, 1.82) is 0 Å². The van der Waals surface area contributed by atoms with E-state index in [0.29, 0.717) is 36.4 Å². The molecule has 3 aromatic rings. The molecule has 2 aromatic heterocycles. The van der Waals surface area contributed by atoms with Gasteiger partial charge in [0, 0.05) is 51.3 Å². The normalized spacial score (nSPS) is 15.3. The van der Waals surface area contributed by atoms with E-state index in [-0.39, 0.29) is 11.7 Å². The second-order valence-corrected chi connectivity index (χ2v) is 8.67. The van der Waals surface area contributed by atoms with Crippen molar-refractivity contribution in [2.24, 2.45) is 0 Å². The first-order chi connectivity index (χ1) is 14.6. The van der Waals surface area contributed by atoms with Crippen molar-refractivity contribution in [2.75, 3.05) is 26.2 Å². The zero-order valence-corrected chi connectivity index (χ0v) is 18.2. The largest absolute Gasteiger partial charge is 0.341 e. The molecule has 1 aliphatic heterocycles. The Hall–Kier alpha value is -2.36. The molecule has 1 fully saturated rings.